The Morgan fingerprint density at radius 1 is 1.12 bits per heavy atom. The molecule has 0 amide bonds. The number of methoxy groups -OCH3 is 1. The van der Waals surface area contributed by atoms with Gasteiger partial charge in [-0.25, -0.2) is 0 Å². The Morgan fingerprint density at radius 3 is 2.41 bits per heavy atom. The number of nitrogens with one attached hydrogen (secondary N) is 2. The Labute approximate surface area is 203 Å². The van der Waals surface area contributed by atoms with Gasteiger partial charge in [0, 0.05) is 25.6 Å². The highest BCUT2D eigenvalue weighted by Gasteiger charge is 2.29. The van der Waals surface area contributed by atoms with E-state index >= 15 is 0 Å². The van der Waals surface area contributed by atoms with E-state index in [1.165, 1.54) is 13.2 Å². The van der Waals surface area contributed by atoms with Crippen LogP contribution in [0.2, 0.25) is 0 Å². The molecule has 7 nitrogen and oxygen atoms in total. The lowest BCUT2D eigenvalue weighted by atomic mass is 9.99. The predicted octanol–water partition coefficient (Wildman–Crippen LogP) is 5.01. The van der Waals surface area contributed by atoms with Gasteiger partial charge in [-0.15, -0.1) is 24.0 Å². The molecule has 0 aliphatic heterocycles. The molecule has 0 radical (unpaired) electrons. The number of nitrogens with zero attached hydrogens (tertiary/aromatic N) is 2. The van der Waals surface area contributed by atoms with E-state index in [9.17, 15) is 13.2 Å². The summed E-state index contributed by atoms with van der Waals surface area (Å²) in [6, 6.07) is 6.67. The van der Waals surface area contributed by atoms with Crippen molar-refractivity contribution >= 4 is 29.9 Å². The van der Waals surface area contributed by atoms with Crippen molar-refractivity contribution in [2.75, 3.05) is 20.8 Å². The molecule has 180 valence electrons. The summed E-state index contributed by atoms with van der Waals surface area (Å²) in [4.78, 5) is 4.16. The fourth-order valence-electron chi connectivity index (χ4n) is 2.99. The fraction of sp³-hybridized carbons (Fsp3) is 0.524. The maximum atomic E-state index is 12.4. The van der Waals surface area contributed by atoms with Crippen LogP contribution in [-0.2, 0) is 13.1 Å². The number of hydrogen-bond donors (Lipinski definition) is 2. The highest BCUT2D eigenvalue weighted by atomic mass is 127. The third kappa shape index (κ3) is 8.75. The minimum absolute atomic E-state index is 0. The number of guanidine groups is 1. The van der Waals surface area contributed by atoms with E-state index in [-0.39, 0.29) is 35.5 Å². The third-order valence-electron chi connectivity index (χ3n) is 4.71. The normalized spacial score (nSPS) is 11.8. The van der Waals surface area contributed by atoms with E-state index in [1.807, 2.05) is 6.07 Å². The highest BCUT2D eigenvalue weighted by Crippen LogP contribution is 2.29. The maximum Gasteiger partial charge on any atom is 0.422 e. The van der Waals surface area contributed by atoms with Crippen LogP contribution in [-0.4, -0.2) is 38.1 Å². The first-order valence-electron chi connectivity index (χ1n) is 10.1. The summed E-state index contributed by atoms with van der Waals surface area (Å²) >= 11 is 0. The molecule has 0 atom stereocenters. The topological polar surface area (TPSA) is 80.9 Å². The zero-order valence-corrected chi connectivity index (χ0v) is 20.9. The summed E-state index contributed by atoms with van der Waals surface area (Å²) in [7, 11) is 3.01. The van der Waals surface area contributed by atoms with E-state index in [1.54, 1.807) is 19.2 Å². The maximum absolute atomic E-state index is 12.4. The van der Waals surface area contributed by atoms with Crippen LogP contribution in [0.1, 0.15) is 49.6 Å². The first-order chi connectivity index (χ1) is 14.8. The molecule has 1 heterocycles. The van der Waals surface area contributed by atoms with Gasteiger partial charge in [-0.2, -0.15) is 13.2 Å². The highest BCUT2D eigenvalue weighted by molar-refractivity contribution is 14.0. The Bertz CT molecular complexity index is 855. The van der Waals surface area contributed by atoms with Gasteiger partial charge < -0.3 is 24.6 Å². The average molecular weight is 570 g/mol. The van der Waals surface area contributed by atoms with E-state index in [0.29, 0.717) is 30.7 Å². The van der Waals surface area contributed by atoms with Crippen LogP contribution in [0, 0.1) is 0 Å². The van der Waals surface area contributed by atoms with Gasteiger partial charge in [0.2, 0.25) is 0 Å². The lowest BCUT2D eigenvalue weighted by molar-refractivity contribution is -0.153. The van der Waals surface area contributed by atoms with Gasteiger partial charge in [0.25, 0.3) is 0 Å². The molecule has 0 aliphatic rings. The van der Waals surface area contributed by atoms with Crippen molar-refractivity contribution in [2.24, 2.45) is 4.99 Å². The summed E-state index contributed by atoms with van der Waals surface area (Å²) in [5, 5.41) is 10.4. The van der Waals surface area contributed by atoms with Crippen LogP contribution in [0.15, 0.2) is 33.8 Å². The molecule has 0 saturated carbocycles. The summed E-state index contributed by atoms with van der Waals surface area (Å²) in [5.41, 5.74) is 1.74. The molecular formula is C21H30F3IN4O3. The van der Waals surface area contributed by atoms with Gasteiger partial charge in [-0.05, 0) is 30.5 Å². The molecule has 2 rings (SSSR count). The van der Waals surface area contributed by atoms with E-state index < -0.39 is 12.8 Å². The summed E-state index contributed by atoms with van der Waals surface area (Å²) in [6.45, 7) is 3.66. The fourth-order valence-corrected chi connectivity index (χ4v) is 2.99. The molecule has 0 spiro atoms. The number of ether oxygens (including phenoxy) is 2. The Morgan fingerprint density at radius 2 is 1.81 bits per heavy atom. The van der Waals surface area contributed by atoms with Crippen molar-refractivity contribution in [1.29, 1.82) is 0 Å². The molecule has 1 aromatic carbocycles. The van der Waals surface area contributed by atoms with Gasteiger partial charge in [0.1, 0.15) is 0 Å². The van der Waals surface area contributed by atoms with Crippen LogP contribution in [0.4, 0.5) is 13.2 Å². The standard InChI is InChI=1S/C21H29F3N4O3.HI/c1-5-15(6-2)17-10-16(31-28-17)12-27-20(25-3)26-11-14-7-8-18(19(9-14)29-4)30-13-21(22,23)24;/h7-10,15H,5-6,11-13H2,1-4H3,(H2,25,26,27);1H. The van der Waals surface area contributed by atoms with Gasteiger partial charge in [-0.3, -0.25) is 4.99 Å². The van der Waals surface area contributed by atoms with Crippen molar-refractivity contribution in [2.45, 2.75) is 51.9 Å². The van der Waals surface area contributed by atoms with Crippen molar-refractivity contribution in [3.8, 4) is 11.5 Å². The monoisotopic (exact) mass is 570 g/mol. The molecule has 0 aliphatic carbocycles. The SMILES string of the molecule is CCC(CC)c1cc(CNC(=NC)NCc2ccc(OCC(F)(F)F)c(OC)c2)on1.I. The van der Waals surface area contributed by atoms with Crippen molar-refractivity contribution in [3.05, 3.63) is 41.3 Å². The van der Waals surface area contributed by atoms with Crippen LogP contribution >= 0.6 is 24.0 Å². The first kappa shape index (κ1) is 27.9. The zero-order valence-electron chi connectivity index (χ0n) is 18.6. The van der Waals surface area contributed by atoms with Gasteiger partial charge >= 0.3 is 6.18 Å². The summed E-state index contributed by atoms with van der Waals surface area (Å²) in [6.07, 6.45) is -2.41. The van der Waals surface area contributed by atoms with E-state index in [0.717, 1.165) is 24.1 Å². The van der Waals surface area contributed by atoms with E-state index in [2.05, 4.69) is 34.6 Å². The molecule has 0 fully saturated rings. The van der Waals surface area contributed by atoms with Gasteiger partial charge in [0.15, 0.2) is 29.8 Å². The smallest absolute Gasteiger partial charge is 0.422 e. The quantitative estimate of drug-likeness (QED) is 0.238. The number of aliphatic imine (C=N–C) groups is 1. The largest absolute Gasteiger partial charge is 0.493 e. The second-order valence-electron chi connectivity index (χ2n) is 6.90. The molecule has 11 heteroatoms. The number of halogens is 4. The molecule has 32 heavy (non-hydrogen) atoms. The lowest BCUT2D eigenvalue weighted by Crippen LogP contribution is -2.36. The summed E-state index contributed by atoms with van der Waals surface area (Å²) in [5.74, 6) is 1.88. The Hall–Kier alpha value is -2.18. The minimum atomic E-state index is -4.42. The van der Waals surface area contributed by atoms with Crippen molar-refractivity contribution in [1.82, 2.24) is 15.8 Å². The number of alkyl halides is 3. The Kier molecular flexibility index (Phi) is 11.7. The molecule has 1 aromatic heterocycles. The molecule has 2 aromatic rings. The number of aromatic nitrogens is 1. The Balaban J connectivity index is 0.00000512. The van der Waals surface area contributed by atoms with Crippen LogP contribution in [0.25, 0.3) is 0 Å². The molecule has 0 unspecified atom stereocenters. The average Bonchev–Trinajstić information content (AvgIpc) is 3.21. The number of hydrogen-bond acceptors (Lipinski definition) is 5. The first-order valence-corrected chi connectivity index (χ1v) is 10.1. The second kappa shape index (κ2) is 13.4. The molecular weight excluding hydrogens is 540 g/mol. The van der Waals surface area contributed by atoms with Crippen molar-refractivity contribution in [3.63, 3.8) is 0 Å². The molecule has 0 saturated heterocycles. The van der Waals surface area contributed by atoms with Crippen molar-refractivity contribution < 1.29 is 27.2 Å². The molecule has 2 N–H and O–H groups in total. The lowest BCUT2D eigenvalue weighted by Gasteiger charge is -2.15. The van der Waals surface area contributed by atoms with Gasteiger partial charge in [0.05, 0.1) is 19.3 Å². The minimum Gasteiger partial charge on any atom is -0.493 e. The zero-order chi connectivity index (χ0) is 22.9. The number of rotatable bonds is 10. The molecule has 0 bridgehead atoms. The third-order valence-corrected chi connectivity index (χ3v) is 4.71. The van der Waals surface area contributed by atoms with Crippen LogP contribution in [0.3, 0.4) is 0 Å². The predicted molar refractivity (Wildman–Crippen MR) is 127 cm³/mol. The van der Waals surface area contributed by atoms with Gasteiger partial charge in [-0.1, -0.05) is 25.1 Å². The van der Waals surface area contributed by atoms with Crippen LogP contribution < -0.4 is 20.1 Å². The second-order valence-corrected chi connectivity index (χ2v) is 6.90. The van der Waals surface area contributed by atoms with E-state index in [4.69, 9.17) is 14.0 Å². The van der Waals surface area contributed by atoms with Crippen LogP contribution in [0.5, 0.6) is 11.5 Å². The number of benzene rings is 1. The summed E-state index contributed by atoms with van der Waals surface area (Å²) < 4.78 is 52.4.